The third-order valence-corrected chi connectivity index (χ3v) is 3.72. The zero-order valence-corrected chi connectivity index (χ0v) is 15.0. The van der Waals surface area contributed by atoms with E-state index in [1.807, 2.05) is 19.1 Å². The summed E-state index contributed by atoms with van der Waals surface area (Å²) in [5.74, 6) is 0.205. The van der Waals surface area contributed by atoms with E-state index in [-0.39, 0.29) is 11.6 Å². The topological polar surface area (TPSA) is 93.8 Å². The summed E-state index contributed by atoms with van der Waals surface area (Å²) < 4.78 is 6.52. The van der Waals surface area contributed by atoms with Crippen molar-refractivity contribution >= 4 is 33.7 Å². The van der Waals surface area contributed by atoms with E-state index in [0.29, 0.717) is 17.7 Å². The first kappa shape index (κ1) is 18.6. The van der Waals surface area contributed by atoms with E-state index in [4.69, 9.17) is 4.74 Å². The lowest BCUT2D eigenvalue weighted by Gasteiger charge is -2.15. The molecule has 0 saturated carbocycles. The second kappa shape index (κ2) is 8.93. The molecule has 1 N–H and O–H groups in total. The molecule has 2 rings (SSSR count). The lowest BCUT2D eigenvalue weighted by Crippen LogP contribution is -2.35. The van der Waals surface area contributed by atoms with Crippen LogP contribution < -0.4 is 10.2 Å². The molecule has 0 saturated heterocycles. The van der Waals surface area contributed by atoms with Crippen LogP contribution in [0, 0.1) is 10.1 Å². The number of nitrogens with one attached hydrogen (secondary N) is 1. The predicted octanol–water partition coefficient (Wildman–Crippen LogP) is 3.67. The van der Waals surface area contributed by atoms with Gasteiger partial charge in [-0.3, -0.25) is 14.9 Å². The zero-order valence-electron chi connectivity index (χ0n) is 13.4. The van der Waals surface area contributed by atoms with Gasteiger partial charge in [0.05, 0.1) is 11.1 Å². The molecule has 8 heteroatoms. The Morgan fingerprint density at radius 1 is 1.36 bits per heavy atom. The predicted molar refractivity (Wildman–Crippen MR) is 97.7 cm³/mol. The van der Waals surface area contributed by atoms with Gasteiger partial charge >= 0.3 is 0 Å². The van der Waals surface area contributed by atoms with E-state index >= 15 is 0 Å². The van der Waals surface area contributed by atoms with Gasteiger partial charge in [-0.25, -0.2) is 5.43 Å². The molecule has 0 aliphatic carbocycles. The Hall–Kier alpha value is -2.74. The van der Waals surface area contributed by atoms with Crippen LogP contribution in [0.15, 0.2) is 58.1 Å². The Kier molecular flexibility index (Phi) is 6.64. The van der Waals surface area contributed by atoms with Crippen LogP contribution in [0.2, 0.25) is 0 Å². The van der Waals surface area contributed by atoms with Gasteiger partial charge in [-0.1, -0.05) is 28.9 Å². The maximum Gasteiger partial charge on any atom is 0.281 e. The average Bonchev–Trinajstić information content (AvgIpc) is 2.60. The fourth-order valence-corrected chi connectivity index (χ4v) is 2.33. The summed E-state index contributed by atoms with van der Waals surface area (Å²) in [6.45, 7) is 1.84. The quantitative estimate of drug-likeness (QED) is 0.431. The number of benzene rings is 2. The van der Waals surface area contributed by atoms with Crippen LogP contribution in [0.25, 0.3) is 0 Å². The largest absolute Gasteiger partial charge is 0.481 e. The molecule has 7 nitrogen and oxygen atoms in total. The SMILES string of the molecule is CCC(Oc1cccc(Br)c1)C(=O)NN=Cc1ccc([N+](=O)[O-])cc1. The van der Waals surface area contributed by atoms with Crippen LogP contribution in [0.5, 0.6) is 5.75 Å². The molecule has 0 aromatic heterocycles. The number of nitro benzene ring substituents is 1. The van der Waals surface area contributed by atoms with E-state index < -0.39 is 11.0 Å². The van der Waals surface area contributed by atoms with E-state index in [2.05, 4.69) is 26.5 Å². The van der Waals surface area contributed by atoms with Gasteiger partial charge in [-0.2, -0.15) is 5.10 Å². The van der Waals surface area contributed by atoms with Gasteiger partial charge in [0.15, 0.2) is 6.10 Å². The zero-order chi connectivity index (χ0) is 18.2. The number of nitro groups is 1. The summed E-state index contributed by atoms with van der Waals surface area (Å²) in [6, 6.07) is 13.0. The van der Waals surface area contributed by atoms with E-state index in [1.54, 1.807) is 24.3 Å². The van der Waals surface area contributed by atoms with Crippen LogP contribution in [-0.4, -0.2) is 23.1 Å². The van der Waals surface area contributed by atoms with Crippen molar-refractivity contribution < 1.29 is 14.5 Å². The van der Waals surface area contributed by atoms with Crippen LogP contribution in [0.1, 0.15) is 18.9 Å². The van der Waals surface area contributed by atoms with Gasteiger partial charge in [-0.05, 0) is 42.3 Å². The van der Waals surface area contributed by atoms with Gasteiger partial charge in [0.2, 0.25) is 0 Å². The van der Waals surface area contributed by atoms with Crippen LogP contribution >= 0.6 is 15.9 Å². The molecule has 0 heterocycles. The molecule has 1 unspecified atom stereocenters. The summed E-state index contributed by atoms with van der Waals surface area (Å²) in [5.41, 5.74) is 3.04. The van der Waals surface area contributed by atoms with Gasteiger partial charge in [0, 0.05) is 16.6 Å². The van der Waals surface area contributed by atoms with Crippen molar-refractivity contribution in [3.05, 3.63) is 68.7 Å². The van der Waals surface area contributed by atoms with Crippen molar-refractivity contribution in [3.63, 3.8) is 0 Å². The van der Waals surface area contributed by atoms with Gasteiger partial charge in [0.25, 0.3) is 11.6 Å². The standard InChI is InChI=1S/C17H16BrN3O4/c1-2-16(25-15-5-3-4-13(18)10-15)17(22)20-19-11-12-6-8-14(9-7-12)21(23)24/h3-11,16H,2H2,1H3,(H,20,22). The molecule has 0 spiro atoms. The molecule has 1 atom stereocenters. The van der Waals surface area contributed by atoms with Crippen molar-refractivity contribution in [1.29, 1.82) is 0 Å². The maximum atomic E-state index is 12.1. The summed E-state index contributed by atoms with van der Waals surface area (Å²) >= 11 is 3.35. The molecule has 0 fully saturated rings. The fraction of sp³-hybridized carbons (Fsp3) is 0.176. The fourth-order valence-electron chi connectivity index (χ4n) is 1.95. The number of hydrogen-bond donors (Lipinski definition) is 1. The number of carbonyl (C=O) groups is 1. The summed E-state index contributed by atoms with van der Waals surface area (Å²) in [4.78, 5) is 22.3. The first-order valence-corrected chi connectivity index (χ1v) is 8.28. The maximum absolute atomic E-state index is 12.1. The highest BCUT2D eigenvalue weighted by molar-refractivity contribution is 9.10. The van der Waals surface area contributed by atoms with Gasteiger partial charge in [0.1, 0.15) is 5.75 Å². The van der Waals surface area contributed by atoms with Crippen molar-refractivity contribution in [1.82, 2.24) is 5.43 Å². The number of non-ortho nitro benzene ring substituents is 1. The molecule has 0 bridgehead atoms. The number of halogens is 1. The van der Waals surface area contributed by atoms with Crippen molar-refractivity contribution in [2.45, 2.75) is 19.4 Å². The van der Waals surface area contributed by atoms with Gasteiger partial charge in [-0.15, -0.1) is 0 Å². The molecular formula is C17H16BrN3O4. The van der Waals surface area contributed by atoms with Crippen molar-refractivity contribution in [2.24, 2.45) is 5.10 Å². The molecule has 0 aliphatic rings. The van der Waals surface area contributed by atoms with E-state index in [0.717, 1.165) is 4.47 Å². The second-order valence-electron chi connectivity index (χ2n) is 5.06. The first-order chi connectivity index (χ1) is 12.0. The van der Waals surface area contributed by atoms with Crippen molar-refractivity contribution in [3.8, 4) is 5.75 Å². The highest BCUT2D eigenvalue weighted by Crippen LogP contribution is 2.19. The minimum Gasteiger partial charge on any atom is -0.481 e. The summed E-state index contributed by atoms with van der Waals surface area (Å²) in [7, 11) is 0. The molecule has 25 heavy (non-hydrogen) atoms. The highest BCUT2D eigenvalue weighted by atomic mass is 79.9. The van der Waals surface area contributed by atoms with Crippen LogP contribution in [-0.2, 0) is 4.79 Å². The Bertz CT molecular complexity index is 778. The number of rotatable bonds is 7. The summed E-state index contributed by atoms with van der Waals surface area (Å²) in [6.07, 6.45) is 1.21. The van der Waals surface area contributed by atoms with Crippen molar-refractivity contribution in [2.75, 3.05) is 0 Å². The number of ether oxygens (including phenoxy) is 1. The number of carbonyl (C=O) groups excluding carboxylic acids is 1. The molecule has 0 radical (unpaired) electrons. The summed E-state index contributed by atoms with van der Waals surface area (Å²) in [5, 5.41) is 14.5. The van der Waals surface area contributed by atoms with E-state index in [1.165, 1.54) is 18.3 Å². The van der Waals surface area contributed by atoms with Crippen LogP contribution in [0.3, 0.4) is 0 Å². The number of amides is 1. The minimum atomic E-state index is -0.677. The Balaban J connectivity index is 1.93. The third-order valence-electron chi connectivity index (χ3n) is 3.23. The molecular weight excluding hydrogens is 390 g/mol. The monoisotopic (exact) mass is 405 g/mol. The average molecular weight is 406 g/mol. The number of hydrazone groups is 1. The van der Waals surface area contributed by atoms with Gasteiger partial charge < -0.3 is 4.74 Å². The molecule has 1 amide bonds. The Morgan fingerprint density at radius 3 is 2.68 bits per heavy atom. The molecule has 2 aromatic rings. The number of nitrogens with zero attached hydrogens (tertiary/aromatic N) is 2. The highest BCUT2D eigenvalue weighted by Gasteiger charge is 2.17. The Labute approximate surface area is 153 Å². The lowest BCUT2D eigenvalue weighted by molar-refractivity contribution is -0.384. The minimum absolute atomic E-state index is 0.00495. The smallest absolute Gasteiger partial charge is 0.281 e. The third kappa shape index (κ3) is 5.68. The first-order valence-electron chi connectivity index (χ1n) is 7.49. The lowest BCUT2D eigenvalue weighted by atomic mass is 10.2. The molecule has 2 aromatic carbocycles. The normalized spacial score (nSPS) is 11.9. The second-order valence-corrected chi connectivity index (χ2v) is 5.97. The number of hydrogen-bond acceptors (Lipinski definition) is 5. The molecule has 0 aliphatic heterocycles. The Morgan fingerprint density at radius 2 is 2.08 bits per heavy atom. The molecule has 130 valence electrons. The van der Waals surface area contributed by atoms with Crippen LogP contribution in [0.4, 0.5) is 5.69 Å². The van der Waals surface area contributed by atoms with E-state index in [9.17, 15) is 14.9 Å².